The highest BCUT2D eigenvalue weighted by Gasteiger charge is 2.18. The third-order valence-electron chi connectivity index (χ3n) is 4.25. The first-order valence-electron chi connectivity index (χ1n) is 7.96. The Bertz CT molecular complexity index is 710. The van der Waals surface area contributed by atoms with Crippen LogP contribution >= 0.6 is 12.2 Å². The first-order valence-corrected chi connectivity index (χ1v) is 8.37. The summed E-state index contributed by atoms with van der Waals surface area (Å²) in [4.78, 5) is 4.83. The van der Waals surface area contributed by atoms with Crippen LogP contribution in [-0.4, -0.2) is 45.4 Å². The van der Waals surface area contributed by atoms with E-state index in [9.17, 15) is 0 Å². The monoisotopic (exact) mass is 329 g/mol. The van der Waals surface area contributed by atoms with E-state index in [1.807, 2.05) is 22.2 Å². The molecule has 0 radical (unpaired) electrons. The number of anilines is 1. The lowest BCUT2D eigenvalue weighted by atomic mass is 10.2. The molecular weight excluding hydrogens is 306 g/mol. The van der Waals surface area contributed by atoms with Gasteiger partial charge in [-0.1, -0.05) is 24.3 Å². The molecule has 0 N–H and O–H groups in total. The van der Waals surface area contributed by atoms with E-state index in [0.29, 0.717) is 6.54 Å². The van der Waals surface area contributed by atoms with Crippen LogP contribution in [0.15, 0.2) is 43.0 Å². The smallest absolute Gasteiger partial charge is 0.199 e. The normalized spacial score (nSPS) is 15.8. The minimum absolute atomic E-state index is 0.715. The first-order chi connectivity index (χ1) is 11.2. The number of hydrogen-bond donors (Lipinski definition) is 0. The molecule has 1 aromatic heterocycles. The molecular formula is C17H23N5S. The third kappa shape index (κ3) is 3.54. The van der Waals surface area contributed by atoms with Crippen LogP contribution in [0.2, 0.25) is 0 Å². The molecule has 0 amide bonds. The molecule has 1 aromatic carbocycles. The Kier molecular flexibility index (Phi) is 4.93. The van der Waals surface area contributed by atoms with Crippen molar-refractivity contribution in [2.75, 3.05) is 31.1 Å². The Morgan fingerprint density at radius 1 is 1.17 bits per heavy atom. The maximum absolute atomic E-state index is 5.53. The van der Waals surface area contributed by atoms with Gasteiger partial charge in [0, 0.05) is 38.4 Å². The largest absolute Gasteiger partial charge is 0.369 e. The van der Waals surface area contributed by atoms with Crippen LogP contribution < -0.4 is 4.90 Å². The van der Waals surface area contributed by atoms with Crippen molar-refractivity contribution in [1.82, 2.24) is 19.2 Å². The molecule has 0 atom stereocenters. The zero-order valence-electron chi connectivity index (χ0n) is 13.6. The van der Waals surface area contributed by atoms with Gasteiger partial charge in [-0.25, -0.2) is 4.68 Å². The van der Waals surface area contributed by atoms with E-state index in [2.05, 4.69) is 51.8 Å². The maximum Gasteiger partial charge on any atom is 0.199 e. The molecule has 1 fully saturated rings. The van der Waals surface area contributed by atoms with Gasteiger partial charge >= 0.3 is 0 Å². The van der Waals surface area contributed by atoms with Crippen LogP contribution in [0.4, 0.5) is 5.69 Å². The van der Waals surface area contributed by atoms with Crippen LogP contribution in [-0.2, 0) is 13.2 Å². The molecule has 1 aliphatic rings. The quantitative estimate of drug-likeness (QED) is 0.623. The second-order valence-electron chi connectivity index (χ2n) is 5.81. The SMILES string of the molecule is C=CCn1c(C)nn(CN2CCN(c3ccccc3)CC2)c1=S. The highest BCUT2D eigenvalue weighted by molar-refractivity contribution is 7.71. The van der Waals surface area contributed by atoms with E-state index in [1.54, 1.807) is 0 Å². The second kappa shape index (κ2) is 7.10. The lowest BCUT2D eigenvalue weighted by Crippen LogP contribution is -2.47. The standard InChI is InChI=1S/C17H23N5S/c1-3-9-21-15(2)18-22(17(21)23)14-19-10-12-20(13-11-19)16-7-5-4-6-8-16/h3-8H,1,9-14H2,2H3. The first kappa shape index (κ1) is 16.0. The minimum Gasteiger partial charge on any atom is -0.369 e. The van der Waals surface area contributed by atoms with Crippen molar-refractivity contribution < 1.29 is 0 Å². The predicted molar refractivity (Wildman–Crippen MR) is 96.2 cm³/mol. The number of hydrogen-bond acceptors (Lipinski definition) is 4. The van der Waals surface area contributed by atoms with Crippen molar-refractivity contribution in [2.24, 2.45) is 0 Å². The Labute approximate surface area is 142 Å². The highest BCUT2D eigenvalue weighted by Crippen LogP contribution is 2.16. The molecule has 23 heavy (non-hydrogen) atoms. The van der Waals surface area contributed by atoms with E-state index >= 15 is 0 Å². The molecule has 0 unspecified atom stereocenters. The fourth-order valence-electron chi connectivity index (χ4n) is 2.96. The summed E-state index contributed by atoms with van der Waals surface area (Å²) < 4.78 is 4.71. The van der Waals surface area contributed by atoms with Crippen molar-refractivity contribution in [2.45, 2.75) is 20.1 Å². The Balaban J connectivity index is 1.62. The lowest BCUT2D eigenvalue weighted by Gasteiger charge is -2.35. The molecule has 1 aliphatic heterocycles. The van der Waals surface area contributed by atoms with Gasteiger partial charge in [-0.2, -0.15) is 5.10 Å². The van der Waals surface area contributed by atoms with Gasteiger partial charge in [-0.15, -0.1) is 6.58 Å². The summed E-state index contributed by atoms with van der Waals surface area (Å²) >= 11 is 5.53. The maximum atomic E-state index is 5.53. The fourth-order valence-corrected chi connectivity index (χ4v) is 3.26. The van der Waals surface area contributed by atoms with Crippen LogP contribution in [0.3, 0.4) is 0 Å². The molecule has 6 heteroatoms. The molecule has 2 aromatic rings. The van der Waals surface area contributed by atoms with Crippen molar-refractivity contribution in [1.29, 1.82) is 0 Å². The Hall–Kier alpha value is -1.92. The number of aryl methyl sites for hydroxylation is 1. The third-order valence-corrected chi connectivity index (χ3v) is 4.68. The van der Waals surface area contributed by atoms with E-state index in [-0.39, 0.29) is 0 Å². The summed E-state index contributed by atoms with van der Waals surface area (Å²) in [5.41, 5.74) is 1.30. The van der Waals surface area contributed by atoms with Gasteiger partial charge in [0.1, 0.15) is 5.82 Å². The molecule has 1 saturated heterocycles. The average Bonchev–Trinajstić information content (AvgIpc) is 2.84. The van der Waals surface area contributed by atoms with Gasteiger partial charge in [-0.05, 0) is 31.3 Å². The molecule has 0 bridgehead atoms. The number of allylic oxidation sites excluding steroid dienone is 1. The number of para-hydroxylation sites is 1. The minimum atomic E-state index is 0.715. The summed E-state index contributed by atoms with van der Waals surface area (Å²) in [6.07, 6.45) is 1.85. The summed E-state index contributed by atoms with van der Waals surface area (Å²) in [5, 5.41) is 4.57. The van der Waals surface area contributed by atoms with Gasteiger partial charge < -0.3 is 9.47 Å². The molecule has 0 saturated carbocycles. The number of nitrogens with zero attached hydrogens (tertiary/aromatic N) is 5. The predicted octanol–water partition coefficient (Wildman–Crippen LogP) is 2.69. The summed E-state index contributed by atoms with van der Waals surface area (Å²) in [5.74, 6) is 0.942. The van der Waals surface area contributed by atoms with E-state index < -0.39 is 0 Å². The van der Waals surface area contributed by atoms with Gasteiger partial charge in [0.05, 0.1) is 6.67 Å². The van der Waals surface area contributed by atoms with Gasteiger partial charge in [-0.3, -0.25) is 4.90 Å². The fraction of sp³-hybridized carbons (Fsp3) is 0.412. The lowest BCUT2D eigenvalue weighted by molar-refractivity contribution is 0.194. The number of piperazine rings is 1. The summed E-state index contributed by atoms with van der Waals surface area (Å²) in [6, 6.07) is 10.6. The van der Waals surface area contributed by atoms with Crippen molar-refractivity contribution >= 4 is 17.9 Å². The van der Waals surface area contributed by atoms with Crippen LogP contribution in [0.1, 0.15) is 5.82 Å². The molecule has 3 rings (SSSR count). The van der Waals surface area contributed by atoms with Crippen molar-refractivity contribution in [3.05, 3.63) is 53.6 Å². The van der Waals surface area contributed by atoms with Crippen LogP contribution in [0.5, 0.6) is 0 Å². The number of benzene rings is 1. The Morgan fingerprint density at radius 3 is 2.52 bits per heavy atom. The van der Waals surface area contributed by atoms with Gasteiger partial charge in [0.2, 0.25) is 0 Å². The molecule has 0 spiro atoms. The average molecular weight is 329 g/mol. The van der Waals surface area contributed by atoms with Crippen molar-refractivity contribution in [3.8, 4) is 0 Å². The zero-order chi connectivity index (χ0) is 16.2. The van der Waals surface area contributed by atoms with Gasteiger partial charge in [0.15, 0.2) is 4.77 Å². The Morgan fingerprint density at radius 2 is 1.87 bits per heavy atom. The number of rotatable bonds is 5. The molecule has 5 nitrogen and oxygen atoms in total. The van der Waals surface area contributed by atoms with Crippen molar-refractivity contribution in [3.63, 3.8) is 0 Å². The second-order valence-corrected chi connectivity index (χ2v) is 6.18. The summed E-state index contributed by atoms with van der Waals surface area (Å²) in [6.45, 7) is 11.3. The van der Waals surface area contributed by atoms with Gasteiger partial charge in [0.25, 0.3) is 0 Å². The van der Waals surface area contributed by atoms with Crippen LogP contribution in [0, 0.1) is 11.7 Å². The van der Waals surface area contributed by atoms with Crippen LogP contribution in [0.25, 0.3) is 0 Å². The molecule has 0 aliphatic carbocycles. The number of aromatic nitrogens is 3. The molecule has 122 valence electrons. The zero-order valence-corrected chi connectivity index (χ0v) is 14.4. The summed E-state index contributed by atoms with van der Waals surface area (Å²) in [7, 11) is 0. The topological polar surface area (TPSA) is 29.2 Å². The van der Waals surface area contributed by atoms with E-state index in [1.165, 1.54) is 5.69 Å². The van der Waals surface area contributed by atoms with E-state index in [0.717, 1.165) is 43.4 Å². The van der Waals surface area contributed by atoms with E-state index in [4.69, 9.17) is 12.2 Å². The molecule has 2 heterocycles. The highest BCUT2D eigenvalue weighted by atomic mass is 32.1.